The molecule has 2 aliphatic rings. The summed E-state index contributed by atoms with van der Waals surface area (Å²) in [6.07, 6.45) is 1.91. The average molecular weight is 423 g/mol. The number of aliphatic hydroxyl groups is 1. The molecule has 1 N–H and O–H groups in total. The number of hydrogen-bond acceptors (Lipinski definition) is 4. The van der Waals surface area contributed by atoms with E-state index in [2.05, 4.69) is 32.9 Å². The number of hydrogen-bond donors (Lipinski definition) is 1. The number of aryl methyl sites for hydroxylation is 1. The van der Waals surface area contributed by atoms with Crippen LogP contribution >= 0.6 is 0 Å². The zero-order chi connectivity index (χ0) is 22.6. The van der Waals surface area contributed by atoms with Crippen LogP contribution in [0.2, 0.25) is 0 Å². The number of carbonyl (C=O) groups excluding carboxylic acids is 1. The Morgan fingerprint density at radius 3 is 2.48 bits per heavy atom. The van der Waals surface area contributed by atoms with E-state index >= 15 is 0 Å². The molecule has 165 valence electrons. The molecule has 0 fully saturated rings. The third-order valence-electron chi connectivity index (χ3n) is 6.16. The first-order valence-electron chi connectivity index (χ1n) is 10.9. The first kappa shape index (κ1) is 21.7. The Hall–Kier alpha value is -2.53. The molecule has 31 heavy (non-hydrogen) atoms. The van der Waals surface area contributed by atoms with Crippen molar-refractivity contribution in [1.29, 1.82) is 0 Å². The molecule has 2 heterocycles. The average Bonchev–Trinajstić information content (AvgIpc) is 2.69. The van der Waals surface area contributed by atoms with E-state index in [1.54, 1.807) is 4.90 Å². The normalized spacial score (nSPS) is 22.3. The highest BCUT2D eigenvalue weighted by atomic mass is 16.5. The number of rotatable bonds is 3. The summed E-state index contributed by atoms with van der Waals surface area (Å²) in [5.74, 6) is 1.33. The molecule has 2 aromatic carbocycles. The van der Waals surface area contributed by atoms with Crippen molar-refractivity contribution >= 4 is 11.6 Å². The van der Waals surface area contributed by atoms with E-state index in [1.165, 1.54) is 5.56 Å². The van der Waals surface area contributed by atoms with E-state index in [1.807, 2.05) is 51.6 Å². The third-order valence-corrected chi connectivity index (χ3v) is 6.16. The Kier molecular flexibility index (Phi) is 5.29. The van der Waals surface area contributed by atoms with Crippen molar-refractivity contribution in [2.24, 2.45) is 0 Å². The van der Waals surface area contributed by atoms with Gasteiger partial charge in [0.05, 0.1) is 5.69 Å². The fraction of sp³-hybridized carbons (Fsp3) is 0.462. The van der Waals surface area contributed by atoms with Gasteiger partial charge in [0, 0.05) is 24.6 Å². The van der Waals surface area contributed by atoms with Crippen molar-refractivity contribution in [3.8, 4) is 11.5 Å². The van der Waals surface area contributed by atoms with Crippen molar-refractivity contribution in [2.75, 3.05) is 11.9 Å². The highest BCUT2D eigenvalue weighted by Crippen LogP contribution is 2.52. The van der Waals surface area contributed by atoms with E-state index in [0.29, 0.717) is 17.9 Å². The van der Waals surface area contributed by atoms with Crippen molar-refractivity contribution in [1.82, 2.24) is 0 Å². The number of benzene rings is 2. The summed E-state index contributed by atoms with van der Waals surface area (Å²) in [6, 6.07) is 12.0. The van der Waals surface area contributed by atoms with E-state index < -0.39 is 17.8 Å². The van der Waals surface area contributed by atoms with Crippen molar-refractivity contribution in [3.05, 3.63) is 59.5 Å². The van der Waals surface area contributed by atoms with Gasteiger partial charge >= 0.3 is 0 Å². The van der Waals surface area contributed by atoms with Gasteiger partial charge in [-0.2, -0.15) is 0 Å². The molecule has 5 heteroatoms. The lowest BCUT2D eigenvalue weighted by Crippen LogP contribution is -2.48. The molecular weight excluding hydrogens is 390 g/mol. The second-order valence-corrected chi connectivity index (χ2v) is 10.1. The van der Waals surface area contributed by atoms with Gasteiger partial charge in [-0.1, -0.05) is 51.1 Å². The molecule has 0 bridgehead atoms. The van der Waals surface area contributed by atoms with Crippen LogP contribution in [0.3, 0.4) is 0 Å². The van der Waals surface area contributed by atoms with Crippen molar-refractivity contribution in [2.45, 2.75) is 70.7 Å². The molecule has 0 aliphatic carbocycles. The third kappa shape index (κ3) is 3.91. The second-order valence-electron chi connectivity index (χ2n) is 10.1. The van der Waals surface area contributed by atoms with Gasteiger partial charge in [-0.25, -0.2) is 0 Å². The molecule has 2 atom stereocenters. The number of amides is 1. The van der Waals surface area contributed by atoms with Crippen LogP contribution in [0.25, 0.3) is 0 Å². The number of likely N-dealkylation sites (N-methyl/N-ethyl adjacent to an activating group) is 1. The smallest absolute Gasteiger partial charge is 0.267 e. The van der Waals surface area contributed by atoms with Crippen LogP contribution in [0.5, 0.6) is 11.5 Å². The Bertz CT molecular complexity index is 991. The van der Waals surface area contributed by atoms with E-state index in [0.717, 1.165) is 23.2 Å². The summed E-state index contributed by atoms with van der Waals surface area (Å²) in [5, 5.41) is 10.6. The zero-order valence-electron chi connectivity index (χ0n) is 19.2. The Balaban J connectivity index is 1.75. The number of anilines is 1. The number of ether oxygens (including phenoxy) is 2. The molecule has 1 unspecified atom stereocenters. The molecular formula is C26H32NO4. The van der Waals surface area contributed by atoms with Crippen molar-refractivity contribution < 1.29 is 19.4 Å². The topological polar surface area (TPSA) is 59.0 Å². The predicted molar refractivity (Wildman–Crippen MR) is 122 cm³/mol. The lowest BCUT2D eigenvalue weighted by Gasteiger charge is -2.43. The molecule has 0 spiro atoms. The van der Waals surface area contributed by atoms with Gasteiger partial charge in [-0.3, -0.25) is 4.79 Å². The van der Waals surface area contributed by atoms with Crippen LogP contribution in [0.15, 0.2) is 36.4 Å². The van der Waals surface area contributed by atoms with Crippen LogP contribution < -0.4 is 14.4 Å². The Morgan fingerprint density at radius 1 is 1.16 bits per heavy atom. The number of carbonyl (C=O) groups is 1. The largest absolute Gasteiger partial charge is 0.484 e. The summed E-state index contributed by atoms with van der Waals surface area (Å²) in [6.45, 7) is 10.0. The summed E-state index contributed by atoms with van der Waals surface area (Å²) < 4.78 is 12.6. The van der Waals surface area contributed by atoms with Gasteiger partial charge in [0.1, 0.15) is 23.2 Å². The van der Waals surface area contributed by atoms with Crippen LogP contribution in [0.4, 0.5) is 5.69 Å². The minimum Gasteiger partial charge on any atom is -0.484 e. The maximum Gasteiger partial charge on any atom is 0.267 e. The lowest BCUT2D eigenvalue weighted by atomic mass is 9.79. The van der Waals surface area contributed by atoms with Crippen molar-refractivity contribution in [3.63, 3.8) is 0 Å². The molecule has 0 saturated heterocycles. The minimum atomic E-state index is -0.752. The van der Waals surface area contributed by atoms with Crippen LogP contribution in [0, 0.1) is 6.42 Å². The number of fused-ring (bicyclic) bond motifs is 2. The van der Waals surface area contributed by atoms with Gasteiger partial charge in [0.2, 0.25) is 0 Å². The van der Waals surface area contributed by atoms with Crippen LogP contribution in [0.1, 0.15) is 57.7 Å². The summed E-state index contributed by atoms with van der Waals surface area (Å²) >= 11 is 0. The van der Waals surface area contributed by atoms with E-state index in [9.17, 15) is 9.90 Å². The second kappa shape index (κ2) is 7.56. The molecule has 5 nitrogen and oxygen atoms in total. The maximum atomic E-state index is 13.2. The molecule has 0 saturated carbocycles. The zero-order valence-corrected chi connectivity index (χ0v) is 19.2. The number of aliphatic hydroxyl groups excluding tert-OH is 1. The molecule has 4 rings (SSSR count). The summed E-state index contributed by atoms with van der Waals surface area (Å²) in [5.41, 5.74) is 2.62. The summed E-state index contributed by atoms with van der Waals surface area (Å²) in [4.78, 5) is 15.0. The Labute approximate surface area is 185 Å². The van der Waals surface area contributed by atoms with Crippen LogP contribution in [-0.4, -0.2) is 35.9 Å². The quantitative estimate of drug-likeness (QED) is 0.795. The minimum absolute atomic E-state index is 0.0482. The maximum absolute atomic E-state index is 13.2. The highest BCUT2D eigenvalue weighted by molar-refractivity contribution is 6.01. The lowest BCUT2D eigenvalue weighted by molar-refractivity contribution is -0.126. The predicted octanol–water partition coefficient (Wildman–Crippen LogP) is 4.42. The number of nitrogens with zero attached hydrogens (tertiary/aromatic N) is 1. The summed E-state index contributed by atoms with van der Waals surface area (Å²) in [7, 11) is 1.81. The van der Waals surface area contributed by atoms with Gasteiger partial charge < -0.3 is 19.5 Å². The van der Waals surface area contributed by atoms with Gasteiger partial charge in [0.15, 0.2) is 6.10 Å². The fourth-order valence-electron chi connectivity index (χ4n) is 4.35. The molecule has 0 aromatic heterocycles. The highest BCUT2D eigenvalue weighted by Gasteiger charge is 2.43. The molecule has 2 aliphatic heterocycles. The Morgan fingerprint density at radius 2 is 1.84 bits per heavy atom. The van der Waals surface area contributed by atoms with E-state index in [4.69, 9.17) is 9.47 Å². The van der Waals surface area contributed by atoms with Gasteiger partial charge in [-0.05, 0) is 43.7 Å². The first-order chi connectivity index (χ1) is 14.5. The van der Waals surface area contributed by atoms with Gasteiger partial charge in [0.25, 0.3) is 5.91 Å². The monoisotopic (exact) mass is 422 g/mol. The fourth-order valence-corrected chi connectivity index (χ4v) is 4.35. The SMILES string of the molecule is CN1C(=O)C(CCc2ccccc2)Oc2cc3c(c(C(C)(C)C)c21)OC(C)(C)[C@H](O)[CH]3. The molecule has 1 amide bonds. The standard InChI is InChI=1S/C26H32NO4/c1-25(2,3)21-22-19(14-17-15-20(28)26(4,5)31-23(17)21)30-18(24(29)27(22)6)13-12-16-10-8-7-9-11-16/h7-11,14-15,18,20,28H,12-13H2,1-6H3/t18?,20-/m1/s1. The van der Waals surface area contributed by atoms with E-state index in [-0.39, 0.29) is 11.3 Å². The van der Waals surface area contributed by atoms with Crippen LogP contribution in [-0.2, 0) is 16.6 Å². The molecule has 1 radical (unpaired) electrons. The van der Waals surface area contributed by atoms with Gasteiger partial charge in [-0.15, -0.1) is 0 Å². The first-order valence-corrected chi connectivity index (χ1v) is 10.9. The molecule has 2 aromatic rings.